The van der Waals surface area contributed by atoms with E-state index in [-0.39, 0.29) is 6.23 Å². The van der Waals surface area contributed by atoms with Crippen molar-refractivity contribution in [3.63, 3.8) is 0 Å². The van der Waals surface area contributed by atoms with Crippen LogP contribution in [0.1, 0.15) is 25.3 Å². The molecule has 0 radical (unpaired) electrons. The second-order valence-corrected chi connectivity index (χ2v) is 3.27. The van der Waals surface area contributed by atoms with E-state index in [1.807, 2.05) is 12.1 Å². The molecule has 2 heterocycles. The van der Waals surface area contributed by atoms with Crippen LogP contribution in [0.25, 0.3) is 0 Å². The Morgan fingerprint density at radius 2 is 2.54 bits per heavy atom. The van der Waals surface area contributed by atoms with Gasteiger partial charge in [-0.2, -0.15) is 0 Å². The highest BCUT2D eigenvalue weighted by Crippen LogP contribution is 2.26. The molecule has 2 rings (SSSR count). The van der Waals surface area contributed by atoms with E-state index in [1.54, 1.807) is 6.26 Å². The molecule has 0 saturated carbocycles. The minimum absolute atomic E-state index is 0.0509. The number of hydrogen-bond donors (Lipinski definition) is 0. The summed E-state index contributed by atoms with van der Waals surface area (Å²) < 4.78 is 10.9. The van der Waals surface area contributed by atoms with Crippen molar-refractivity contribution in [2.45, 2.75) is 19.6 Å². The first-order chi connectivity index (χ1) is 6.42. The Morgan fingerprint density at radius 3 is 3.23 bits per heavy atom. The van der Waals surface area contributed by atoms with Crippen LogP contribution in [0.3, 0.4) is 0 Å². The number of hydrogen-bond acceptors (Lipinski definition) is 3. The lowest BCUT2D eigenvalue weighted by Gasteiger charge is -2.19. The first-order valence-electron chi connectivity index (χ1n) is 4.81. The van der Waals surface area contributed by atoms with Crippen LogP contribution < -0.4 is 0 Å². The molecule has 0 N–H and O–H groups in total. The molecule has 1 aromatic rings. The zero-order chi connectivity index (χ0) is 9.10. The third kappa shape index (κ3) is 1.76. The van der Waals surface area contributed by atoms with Gasteiger partial charge in [0.25, 0.3) is 0 Å². The molecule has 3 heteroatoms. The van der Waals surface area contributed by atoms with Crippen molar-refractivity contribution < 1.29 is 9.15 Å². The van der Waals surface area contributed by atoms with Gasteiger partial charge in [0.2, 0.25) is 0 Å². The van der Waals surface area contributed by atoms with E-state index in [1.165, 1.54) is 0 Å². The van der Waals surface area contributed by atoms with Crippen LogP contribution in [0.5, 0.6) is 0 Å². The van der Waals surface area contributed by atoms with Gasteiger partial charge < -0.3 is 9.15 Å². The zero-order valence-corrected chi connectivity index (χ0v) is 7.90. The molecule has 0 aliphatic carbocycles. The summed E-state index contributed by atoms with van der Waals surface area (Å²) >= 11 is 0. The second-order valence-electron chi connectivity index (χ2n) is 3.27. The third-order valence-corrected chi connectivity index (χ3v) is 2.28. The van der Waals surface area contributed by atoms with E-state index < -0.39 is 0 Å². The molecule has 0 bridgehead atoms. The van der Waals surface area contributed by atoms with Gasteiger partial charge in [0, 0.05) is 13.1 Å². The molecule has 1 aliphatic heterocycles. The highest BCUT2D eigenvalue weighted by atomic mass is 16.5. The lowest BCUT2D eigenvalue weighted by atomic mass is 10.3. The quantitative estimate of drug-likeness (QED) is 0.713. The first-order valence-corrected chi connectivity index (χ1v) is 4.81. The summed E-state index contributed by atoms with van der Waals surface area (Å²) in [5.41, 5.74) is 0. The zero-order valence-electron chi connectivity index (χ0n) is 7.90. The topological polar surface area (TPSA) is 25.6 Å². The van der Waals surface area contributed by atoms with E-state index >= 15 is 0 Å². The minimum atomic E-state index is 0.0509. The van der Waals surface area contributed by atoms with E-state index in [9.17, 15) is 0 Å². The van der Waals surface area contributed by atoms with Gasteiger partial charge >= 0.3 is 0 Å². The van der Waals surface area contributed by atoms with Crippen LogP contribution in [0, 0.1) is 0 Å². The van der Waals surface area contributed by atoms with Gasteiger partial charge in [-0.25, -0.2) is 0 Å². The van der Waals surface area contributed by atoms with Crippen LogP contribution in [0.4, 0.5) is 0 Å². The van der Waals surface area contributed by atoms with Crippen molar-refractivity contribution in [3.8, 4) is 0 Å². The molecule has 1 aliphatic rings. The standard InChI is InChI=1S/C10H15NO2/c1-2-5-11-6-8-13-10(11)9-4-3-7-12-9/h3-4,7,10H,2,5-6,8H2,1H3. The number of rotatable bonds is 3. The minimum Gasteiger partial charge on any atom is -0.465 e. The summed E-state index contributed by atoms with van der Waals surface area (Å²) in [7, 11) is 0. The molecule has 1 saturated heterocycles. The fraction of sp³-hybridized carbons (Fsp3) is 0.600. The van der Waals surface area contributed by atoms with E-state index in [2.05, 4.69) is 11.8 Å². The summed E-state index contributed by atoms with van der Waals surface area (Å²) in [6, 6.07) is 3.87. The van der Waals surface area contributed by atoms with Gasteiger partial charge in [-0.3, -0.25) is 4.90 Å². The number of nitrogens with zero attached hydrogens (tertiary/aromatic N) is 1. The summed E-state index contributed by atoms with van der Waals surface area (Å²) in [4.78, 5) is 2.30. The van der Waals surface area contributed by atoms with Gasteiger partial charge in [0.05, 0.1) is 12.9 Å². The Balaban J connectivity index is 2.05. The molecule has 0 amide bonds. The largest absolute Gasteiger partial charge is 0.465 e. The second kappa shape index (κ2) is 3.94. The lowest BCUT2D eigenvalue weighted by Crippen LogP contribution is -2.24. The van der Waals surface area contributed by atoms with Crippen molar-refractivity contribution >= 4 is 0 Å². The van der Waals surface area contributed by atoms with Gasteiger partial charge in [0.1, 0.15) is 5.76 Å². The molecule has 13 heavy (non-hydrogen) atoms. The van der Waals surface area contributed by atoms with Crippen molar-refractivity contribution in [2.24, 2.45) is 0 Å². The Morgan fingerprint density at radius 1 is 1.62 bits per heavy atom. The van der Waals surface area contributed by atoms with Crippen molar-refractivity contribution in [1.82, 2.24) is 4.90 Å². The maximum Gasteiger partial charge on any atom is 0.169 e. The van der Waals surface area contributed by atoms with Crippen LogP contribution in [0.15, 0.2) is 22.8 Å². The summed E-state index contributed by atoms with van der Waals surface area (Å²) in [6.45, 7) is 5.08. The maximum atomic E-state index is 5.59. The molecule has 1 aromatic heterocycles. The van der Waals surface area contributed by atoms with Gasteiger partial charge in [0.15, 0.2) is 6.23 Å². The predicted molar refractivity (Wildman–Crippen MR) is 49.3 cm³/mol. The average molecular weight is 181 g/mol. The van der Waals surface area contributed by atoms with Gasteiger partial charge in [-0.05, 0) is 18.6 Å². The highest BCUT2D eigenvalue weighted by Gasteiger charge is 2.27. The third-order valence-electron chi connectivity index (χ3n) is 2.28. The fourth-order valence-corrected chi connectivity index (χ4v) is 1.71. The lowest BCUT2D eigenvalue weighted by molar-refractivity contribution is 0.0156. The maximum absolute atomic E-state index is 5.59. The van der Waals surface area contributed by atoms with Crippen molar-refractivity contribution in [3.05, 3.63) is 24.2 Å². The Labute approximate surface area is 78.3 Å². The van der Waals surface area contributed by atoms with Gasteiger partial charge in [-0.15, -0.1) is 0 Å². The van der Waals surface area contributed by atoms with Crippen LogP contribution in [-0.4, -0.2) is 24.6 Å². The fourth-order valence-electron chi connectivity index (χ4n) is 1.71. The van der Waals surface area contributed by atoms with Crippen LogP contribution in [-0.2, 0) is 4.74 Å². The normalized spacial score (nSPS) is 23.9. The predicted octanol–water partition coefficient (Wildman–Crippen LogP) is 2.02. The molecule has 3 nitrogen and oxygen atoms in total. The molecule has 0 aromatic carbocycles. The smallest absolute Gasteiger partial charge is 0.169 e. The molecular weight excluding hydrogens is 166 g/mol. The highest BCUT2D eigenvalue weighted by molar-refractivity contribution is 5.03. The Kier molecular flexibility index (Phi) is 2.66. The summed E-state index contributed by atoms with van der Waals surface area (Å²) in [5.74, 6) is 0.922. The monoisotopic (exact) mass is 181 g/mol. The van der Waals surface area contributed by atoms with Gasteiger partial charge in [-0.1, -0.05) is 6.92 Å². The van der Waals surface area contributed by atoms with Crippen LogP contribution >= 0.6 is 0 Å². The van der Waals surface area contributed by atoms with Crippen molar-refractivity contribution in [1.29, 1.82) is 0 Å². The van der Waals surface area contributed by atoms with Crippen molar-refractivity contribution in [2.75, 3.05) is 19.7 Å². The molecule has 0 spiro atoms. The molecule has 1 fully saturated rings. The first kappa shape index (κ1) is 8.78. The number of ether oxygens (including phenoxy) is 1. The van der Waals surface area contributed by atoms with E-state index in [4.69, 9.17) is 9.15 Å². The average Bonchev–Trinajstić information content (AvgIpc) is 2.71. The molecule has 1 atom stereocenters. The Bertz CT molecular complexity index is 245. The molecule has 1 unspecified atom stereocenters. The molecular formula is C10H15NO2. The van der Waals surface area contributed by atoms with Crippen LogP contribution in [0.2, 0.25) is 0 Å². The SMILES string of the molecule is CCCN1CCOC1c1ccco1. The summed E-state index contributed by atoms with van der Waals surface area (Å²) in [5, 5.41) is 0. The van der Waals surface area contributed by atoms with E-state index in [0.717, 1.165) is 31.9 Å². The molecule has 72 valence electrons. The number of furan rings is 1. The van der Waals surface area contributed by atoms with E-state index in [0.29, 0.717) is 0 Å². The summed E-state index contributed by atoms with van der Waals surface area (Å²) in [6.07, 6.45) is 2.90. The Hall–Kier alpha value is -0.800.